The van der Waals surface area contributed by atoms with Crippen molar-refractivity contribution in [1.29, 1.82) is 0 Å². The van der Waals surface area contributed by atoms with Gasteiger partial charge in [0.25, 0.3) is 10.0 Å². The van der Waals surface area contributed by atoms with Crippen LogP contribution in [0.25, 0.3) is 0 Å². The summed E-state index contributed by atoms with van der Waals surface area (Å²) in [7, 11) is -3.91. The number of rotatable bonds is 6. The number of sulfonamides is 1. The van der Waals surface area contributed by atoms with E-state index in [9.17, 15) is 17.6 Å². The first-order valence-electron chi connectivity index (χ1n) is 5.78. The number of aromatic nitrogens is 2. The molecule has 2 aromatic rings. The Morgan fingerprint density at radius 2 is 2.29 bits per heavy atom. The van der Waals surface area contributed by atoms with Gasteiger partial charge in [-0.05, 0) is 13.0 Å². The lowest BCUT2D eigenvalue weighted by Gasteiger charge is -2.04. The Balaban J connectivity index is 2.27. The van der Waals surface area contributed by atoms with Crippen LogP contribution in [0.3, 0.4) is 0 Å². The van der Waals surface area contributed by atoms with Crippen LogP contribution in [0.1, 0.15) is 14.5 Å². The van der Waals surface area contributed by atoms with E-state index >= 15 is 0 Å². The van der Waals surface area contributed by atoms with Crippen LogP contribution < -0.4 is 4.72 Å². The van der Waals surface area contributed by atoms with E-state index in [0.29, 0.717) is 4.88 Å². The van der Waals surface area contributed by atoms with Crippen LogP contribution in [-0.2, 0) is 16.6 Å². The molecule has 114 valence electrons. The first kappa shape index (κ1) is 15.4. The second-order valence-corrected chi connectivity index (χ2v) is 7.03. The van der Waals surface area contributed by atoms with E-state index in [-0.39, 0.29) is 22.0 Å². The van der Waals surface area contributed by atoms with Gasteiger partial charge in [0.05, 0.1) is 18.4 Å². The van der Waals surface area contributed by atoms with Gasteiger partial charge in [0, 0.05) is 11.1 Å². The molecule has 0 saturated heterocycles. The first-order valence-corrected chi connectivity index (χ1v) is 8.08. The maximum atomic E-state index is 12.2. The summed E-state index contributed by atoms with van der Waals surface area (Å²) in [6.07, 6.45) is 2.62. The first-order chi connectivity index (χ1) is 9.83. The molecule has 0 amide bonds. The van der Waals surface area contributed by atoms with Gasteiger partial charge in [0.1, 0.15) is 16.4 Å². The van der Waals surface area contributed by atoms with Gasteiger partial charge in [-0.3, -0.25) is 9.40 Å². The average Bonchev–Trinajstić information content (AvgIpc) is 2.96. The number of nitrogens with one attached hydrogen (secondary N) is 1. The lowest BCUT2D eigenvalue weighted by molar-refractivity contribution is 0.0702. The lowest BCUT2D eigenvalue weighted by Crippen LogP contribution is -2.12. The van der Waals surface area contributed by atoms with Crippen LogP contribution in [0, 0.1) is 6.92 Å². The fraction of sp³-hybridized carbons (Fsp3) is 0.273. The van der Waals surface area contributed by atoms with E-state index in [0.717, 1.165) is 17.4 Å². The van der Waals surface area contributed by atoms with E-state index in [1.54, 1.807) is 0 Å². The van der Waals surface area contributed by atoms with Gasteiger partial charge in [-0.1, -0.05) is 0 Å². The van der Waals surface area contributed by atoms with Gasteiger partial charge in [0.2, 0.25) is 0 Å². The average molecular weight is 333 g/mol. The highest BCUT2D eigenvalue weighted by Crippen LogP contribution is 2.27. The fourth-order valence-corrected chi connectivity index (χ4v) is 4.13. The van der Waals surface area contributed by atoms with E-state index in [1.807, 2.05) is 0 Å². The summed E-state index contributed by atoms with van der Waals surface area (Å²) in [5, 5.41) is 12.7. The number of thiophene rings is 1. The second kappa shape index (κ2) is 5.82. The Morgan fingerprint density at radius 1 is 1.57 bits per heavy atom. The molecule has 0 bridgehead atoms. The molecule has 0 spiro atoms. The summed E-state index contributed by atoms with van der Waals surface area (Å²) in [6, 6.07) is 1.11. The van der Waals surface area contributed by atoms with E-state index in [2.05, 4.69) is 9.82 Å². The molecule has 2 N–H and O–H groups in total. The highest BCUT2D eigenvalue weighted by atomic mass is 32.2. The van der Waals surface area contributed by atoms with Crippen LogP contribution in [-0.4, -0.2) is 35.9 Å². The number of aromatic carboxylic acids is 1. The largest absolute Gasteiger partial charge is 0.477 e. The van der Waals surface area contributed by atoms with E-state index < -0.39 is 22.7 Å². The fourth-order valence-electron chi connectivity index (χ4n) is 1.67. The summed E-state index contributed by atoms with van der Waals surface area (Å²) in [5.74, 6) is -1.18. The Bertz CT molecular complexity index is 766. The molecule has 0 aliphatic rings. The van der Waals surface area contributed by atoms with Gasteiger partial charge in [-0.25, -0.2) is 17.6 Å². The van der Waals surface area contributed by atoms with Gasteiger partial charge in [-0.15, -0.1) is 11.3 Å². The van der Waals surface area contributed by atoms with E-state index in [4.69, 9.17) is 5.11 Å². The Labute approximate surface area is 124 Å². The Kier molecular flexibility index (Phi) is 4.28. The number of hydrogen-bond acceptors (Lipinski definition) is 5. The molecular formula is C11H12FN3O4S2. The van der Waals surface area contributed by atoms with Crippen molar-refractivity contribution in [2.45, 2.75) is 18.4 Å². The molecule has 0 radical (unpaired) electrons. The van der Waals surface area contributed by atoms with Crippen LogP contribution in [0.5, 0.6) is 0 Å². The minimum atomic E-state index is -3.91. The van der Waals surface area contributed by atoms with Crippen LogP contribution in [0.15, 0.2) is 23.4 Å². The molecule has 0 unspecified atom stereocenters. The number of carboxylic acids is 1. The quantitative estimate of drug-likeness (QED) is 0.838. The molecule has 0 fully saturated rings. The number of nitrogens with zero attached hydrogens (tertiary/aromatic N) is 2. The number of carboxylic acid groups (broad SMARTS) is 1. The van der Waals surface area contributed by atoms with Crippen molar-refractivity contribution in [2.75, 3.05) is 11.4 Å². The Hall–Kier alpha value is -1.94. The zero-order valence-corrected chi connectivity index (χ0v) is 12.5. The molecule has 21 heavy (non-hydrogen) atoms. The molecule has 2 heterocycles. The summed E-state index contributed by atoms with van der Waals surface area (Å²) < 4.78 is 40.2. The number of carbonyl (C=O) groups is 1. The van der Waals surface area contributed by atoms with Crippen molar-refractivity contribution < 1.29 is 22.7 Å². The standard InChI is InChI=1S/C11H12FN3O4S2/c1-7-10(4-9(20-7)11(16)17)21(18,19)14-8-5-13-15(6-8)3-2-12/h4-6,14H,2-3H2,1H3,(H,16,17). The predicted octanol–water partition coefficient (Wildman–Crippen LogP) is 1.72. The molecule has 2 aromatic heterocycles. The molecule has 0 aromatic carbocycles. The third kappa shape index (κ3) is 3.39. The SMILES string of the molecule is Cc1sc(C(=O)O)cc1S(=O)(=O)Nc1cnn(CCF)c1. The zero-order valence-electron chi connectivity index (χ0n) is 10.9. The highest BCUT2D eigenvalue weighted by Gasteiger charge is 2.22. The molecule has 0 atom stereocenters. The smallest absolute Gasteiger partial charge is 0.345 e. The number of hydrogen-bond donors (Lipinski definition) is 2. The maximum absolute atomic E-state index is 12.2. The zero-order chi connectivity index (χ0) is 15.6. The predicted molar refractivity (Wildman–Crippen MR) is 75.0 cm³/mol. The monoisotopic (exact) mass is 333 g/mol. The molecule has 0 aliphatic heterocycles. The summed E-state index contributed by atoms with van der Waals surface area (Å²) in [5.41, 5.74) is 0.186. The lowest BCUT2D eigenvalue weighted by atomic mass is 10.4. The van der Waals surface area contributed by atoms with Crippen molar-refractivity contribution in [1.82, 2.24) is 9.78 Å². The molecule has 0 saturated carbocycles. The van der Waals surface area contributed by atoms with Crippen molar-refractivity contribution >= 4 is 33.0 Å². The molecule has 7 nitrogen and oxygen atoms in total. The topological polar surface area (TPSA) is 101 Å². The minimum absolute atomic E-state index is 0.0301. The summed E-state index contributed by atoms with van der Waals surface area (Å²) in [4.78, 5) is 11.1. The van der Waals surface area contributed by atoms with Gasteiger partial charge >= 0.3 is 5.97 Å². The normalized spacial score (nSPS) is 11.5. The molecular weight excluding hydrogens is 321 g/mol. The van der Waals surface area contributed by atoms with Crippen LogP contribution >= 0.6 is 11.3 Å². The van der Waals surface area contributed by atoms with Crippen molar-refractivity contribution in [3.05, 3.63) is 28.2 Å². The number of anilines is 1. The second-order valence-electron chi connectivity index (χ2n) is 4.12. The minimum Gasteiger partial charge on any atom is -0.477 e. The molecule has 2 rings (SSSR count). The number of aryl methyl sites for hydroxylation is 2. The van der Waals surface area contributed by atoms with Crippen LogP contribution in [0.4, 0.5) is 10.1 Å². The van der Waals surface area contributed by atoms with Gasteiger partial charge in [0.15, 0.2) is 0 Å². The summed E-state index contributed by atoms with van der Waals surface area (Å²) in [6.45, 7) is 0.944. The van der Waals surface area contributed by atoms with Crippen molar-refractivity contribution in [3.63, 3.8) is 0 Å². The number of halogens is 1. The third-order valence-corrected chi connectivity index (χ3v) is 5.25. The highest BCUT2D eigenvalue weighted by molar-refractivity contribution is 7.93. The van der Waals surface area contributed by atoms with Crippen molar-refractivity contribution in [2.24, 2.45) is 0 Å². The number of alkyl halides is 1. The van der Waals surface area contributed by atoms with Gasteiger partial charge < -0.3 is 5.11 Å². The summed E-state index contributed by atoms with van der Waals surface area (Å²) >= 11 is 0.884. The van der Waals surface area contributed by atoms with Gasteiger partial charge in [-0.2, -0.15) is 5.10 Å². The molecule has 10 heteroatoms. The Morgan fingerprint density at radius 3 is 2.86 bits per heavy atom. The molecule has 0 aliphatic carbocycles. The van der Waals surface area contributed by atoms with Crippen molar-refractivity contribution in [3.8, 4) is 0 Å². The van der Waals surface area contributed by atoms with E-state index in [1.165, 1.54) is 24.0 Å². The van der Waals surface area contributed by atoms with Crippen LogP contribution in [0.2, 0.25) is 0 Å². The third-order valence-electron chi connectivity index (χ3n) is 2.57. The maximum Gasteiger partial charge on any atom is 0.345 e.